The predicted molar refractivity (Wildman–Crippen MR) is 76.1 cm³/mol. The van der Waals surface area contributed by atoms with E-state index in [0.717, 1.165) is 11.8 Å². The first-order chi connectivity index (χ1) is 8.70. The number of thioether (sulfide) groups is 1. The standard InChI is InChI=1S/C13H15BrF2O2S/c1-13(2,3)18-11(17)7-19-6-8-10(15)5-4-9(14)12(8)16/h4-5H,6-7H2,1-3H3. The van der Waals surface area contributed by atoms with Gasteiger partial charge in [-0.2, -0.15) is 0 Å². The summed E-state index contributed by atoms with van der Waals surface area (Å²) in [5.41, 5.74) is -0.591. The van der Waals surface area contributed by atoms with E-state index in [2.05, 4.69) is 15.9 Å². The Labute approximate surface area is 124 Å². The van der Waals surface area contributed by atoms with Crippen LogP contribution < -0.4 is 0 Å². The van der Waals surface area contributed by atoms with Crippen molar-refractivity contribution in [1.29, 1.82) is 0 Å². The summed E-state index contributed by atoms with van der Waals surface area (Å²) in [7, 11) is 0. The molecule has 0 aliphatic heterocycles. The highest BCUT2D eigenvalue weighted by atomic mass is 79.9. The van der Waals surface area contributed by atoms with Gasteiger partial charge in [0.1, 0.15) is 17.2 Å². The van der Waals surface area contributed by atoms with Crippen LogP contribution in [0.5, 0.6) is 0 Å². The molecule has 0 atom stereocenters. The summed E-state index contributed by atoms with van der Waals surface area (Å²) in [5, 5.41) is 0. The summed E-state index contributed by atoms with van der Waals surface area (Å²) >= 11 is 4.12. The van der Waals surface area contributed by atoms with E-state index in [1.54, 1.807) is 20.8 Å². The van der Waals surface area contributed by atoms with E-state index < -0.39 is 23.2 Å². The Hall–Kier alpha value is -0.620. The molecule has 0 aliphatic rings. The molecule has 0 heterocycles. The maximum Gasteiger partial charge on any atom is 0.316 e. The van der Waals surface area contributed by atoms with Crippen LogP contribution in [-0.4, -0.2) is 17.3 Å². The van der Waals surface area contributed by atoms with Crippen molar-refractivity contribution in [3.63, 3.8) is 0 Å². The molecule has 0 amide bonds. The SMILES string of the molecule is CC(C)(C)OC(=O)CSCc1c(F)ccc(Br)c1F. The molecule has 1 rings (SSSR count). The van der Waals surface area contributed by atoms with Gasteiger partial charge in [0, 0.05) is 11.3 Å². The fraction of sp³-hybridized carbons (Fsp3) is 0.462. The number of carbonyl (C=O) groups is 1. The Kier molecular flexibility index (Phi) is 5.80. The van der Waals surface area contributed by atoms with E-state index >= 15 is 0 Å². The quantitative estimate of drug-likeness (QED) is 0.596. The van der Waals surface area contributed by atoms with Gasteiger partial charge in [-0.25, -0.2) is 8.78 Å². The predicted octanol–water partition coefficient (Wildman–Crippen LogP) is 4.30. The van der Waals surface area contributed by atoms with Gasteiger partial charge in [0.25, 0.3) is 0 Å². The molecule has 19 heavy (non-hydrogen) atoms. The van der Waals surface area contributed by atoms with Crippen LogP contribution in [-0.2, 0) is 15.3 Å². The van der Waals surface area contributed by atoms with Crippen molar-refractivity contribution in [2.75, 3.05) is 5.75 Å². The van der Waals surface area contributed by atoms with E-state index in [4.69, 9.17) is 4.74 Å². The summed E-state index contributed by atoms with van der Waals surface area (Å²) in [4.78, 5) is 11.4. The second-order valence-corrected chi connectivity index (χ2v) is 6.74. The largest absolute Gasteiger partial charge is 0.459 e. The van der Waals surface area contributed by atoms with E-state index in [1.807, 2.05) is 0 Å². The Morgan fingerprint density at radius 2 is 2.00 bits per heavy atom. The summed E-state index contributed by atoms with van der Waals surface area (Å²) in [5.74, 6) is -1.50. The molecule has 2 nitrogen and oxygen atoms in total. The van der Waals surface area contributed by atoms with Gasteiger partial charge in [0.15, 0.2) is 0 Å². The van der Waals surface area contributed by atoms with E-state index in [-0.39, 0.29) is 21.5 Å². The normalized spacial score (nSPS) is 11.5. The number of esters is 1. The third kappa shape index (κ3) is 5.48. The Bertz CT molecular complexity index is 472. The lowest BCUT2D eigenvalue weighted by Crippen LogP contribution is -2.25. The average molecular weight is 353 g/mol. The first-order valence-corrected chi connectivity index (χ1v) is 7.57. The summed E-state index contributed by atoms with van der Waals surface area (Å²) in [6.07, 6.45) is 0. The molecule has 0 fully saturated rings. The molecule has 0 unspecified atom stereocenters. The lowest BCUT2D eigenvalue weighted by molar-refractivity contribution is -0.151. The fourth-order valence-electron chi connectivity index (χ4n) is 1.31. The van der Waals surface area contributed by atoms with E-state index in [0.29, 0.717) is 0 Å². The maximum absolute atomic E-state index is 13.6. The lowest BCUT2D eigenvalue weighted by Gasteiger charge is -2.19. The third-order valence-corrected chi connectivity index (χ3v) is 3.57. The van der Waals surface area contributed by atoms with Crippen LogP contribution in [0.3, 0.4) is 0 Å². The first kappa shape index (κ1) is 16.4. The molecular weight excluding hydrogens is 338 g/mol. The van der Waals surface area contributed by atoms with Gasteiger partial charge in [-0.15, -0.1) is 11.8 Å². The molecule has 0 saturated carbocycles. The Morgan fingerprint density at radius 1 is 1.37 bits per heavy atom. The van der Waals surface area contributed by atoms with Crippen molar-refractivity contribution in [1.82, 2.24) is 0 Å². The number of rotatable bonds is 4. The molecule has 0 spiro atoms. The number of carbonyl (C=O) groups excluding carboxylic acids is 1. The number of halogens is 3. The molecule has 6 heteroatoms. The second-order valence-electron chi connectivity index (χ2n) is 4.90. The van der Waals surface area contributed by atoms with Gasteiger partial charge >= 0.3 is 5.97 Å². The second kappa shape index (κ2) is 6.70. The van der Waals surface area contributed by atoms with Crippen molar-refractivity contribution < 1.29 is 18.3 Å². The zero-order valence-corrected chi connectivity index (χ0v) is 13.3. The Morgan fingerprint density at radius 3 is 2.58 bits per heavy atom. The molecule has 0 N–H and O–H groups in total. The molecule has 0 aliphatic carbocycles. The number of hydrogen-bond acceptors (Lipinski definition) is 3. The first-order valence-electron chi connectivity index (χ1n) is 5.62. The van der Waals surface area contributed by atoms with Gasteiger partial charge in [-0.3, -0.25) is 4.79 Å². The Balaban J connectivity index is 2.55. The van der Waals surface area contributed by atoms with Crippen molar-refractivity contribution >= 4 is 33.7 Å². The minimum Gasteiger partial charge on any atom is -0.459 e. The van der Waals surface area contributed by atoms with Crippen LogP contribution in [0.15, 0.2) is 16.6 Å². The average Bonchev–Trinajstić information content (AvgIpc) is 2.26. The van der Waals surface area contributed by atoms with Crippen LogP contribution in [0.25, 0.3) is 0 Å². The number of ether oxygens (including phenoxy) is 1. The van der Waals surface area contributed by atoms with Gasteiger partial charge in [-0.1, -0.05) is 0 Å². The molecule has 0 radical (unpaired) electrons. The third-order valence-electron chi connectivity index (χ3n) is 2.03. The fourth-order valence-corrected chi connectivity index (χ4v) is 2.48. The van der Waals surface area contributed by atoms with E-state index in [1.165, 1.54) is 12.1 Å². The van der Waals surface area contributed by atoms with Crippen LogP contribution >= 0.6 is 27.7 Å². The highest BCUT2D eigenvalue weighted by molar-refractivity contribution is 9.10. The number of benzene rings is 1. The highest BCUT2D eigenvalue weighted by Gasteiger charge is 2.17. The smallest absolute Gasteiger partial charge is 0.316 e. The van der Waals surface area contributed by atoms with Gasteiger partial charge in [0.05, 0.1) is 10.2 Å². The summed E-state index contributed by atoms with van der Waals surface area (Å²) in [6.45, 7) is 5.30. The number of hydrogen-bond donors (Lipinski definition) is 0. The molecular formula is C13H15BrF2O2S. The maximum atomic E-state index is 13.6. The van der Waals surface area contributed by atoms with Gasteiger partial charge in [-0.05, 0) is 48.8 Å². The summed E-state index contributed by atoms with van der Waals surface area (Å²) < 4.78 is 32.4. The summed E-state index contributed by atoms with van der Waals surface area (Å²) in [6, 6.07) is 2.50. The lowest BCUT2D eigenvalue weighted by atomic mass is 10.2. The highest BCUT2D eigenvalue weighted by Crippen LogP contribution is 2.25. The van der Waals surface area contributed by atoms with Crippen molar-refractivity contribution in [2.24, 2.45) is 0 Å². The molecule has 0 bridgehead atoms. The zero-order valence-electron chi connectivity index (χ0n) is 10.9. The van der Waals surface area contributed by atoms with Crippen molar-refractivity contribution in [2.45, 2.75) is 32.1 Å². The zero-order chi connectivity index (χ0) is 14.6. The van der Waals surface area contributed by atoms with Crippen molar-refractivity contribution in [3.05, 3.63) is 33.8 Å². The molecule has 0 saturated heterocycles. The van der Waals surface area contributed by atoms with Gasteiger partial charge < -0.3 is 4.74 Å². The molecule has 0 aromatic heterocycles. The van der Waals surface area contributed by atoms with Gasteiger partial charge in [0.2, 0.25) is 0 Å². The molecule has 1 aromatic carbocycles. The minimum atomic E-state index is -0.628. The van der Waals surface area contributed by atoms with E-state index in [9.17, 15) is 13.6 Å². The monoisotopic (exact) mass is 352 g/mol. The van der Waals surface area contributed by atoms with Crippen LogP contribution in [0.4, 0.5) is 8.78 Å². The van der Waals surface area contributed by atoms with Crippen LogP contribution in [0, 0.1) is 11.6 Å². The molecule has 1 aromatic rings. The van der Waals surface area contributed by atoms with Crippen molar-refractivity contribution in [3.8, 4) is 0 Å². The van der Waals surface area contributed by atoms with Crippen LogP contribution in [0.2, 0.25) is 0 Å². The topological polar surface area (TPSA) is 26.3 Å². The molecule has 106 valence electrons. The minimum absolute atomic E-state index is 0.0390. The van der Waals surface area contributed by atoms with Crippen LogP contribution in [0.1, 0.15) is 26.3 Å².